The highest BCUT2D eigenvalue weighted by atomic mass is 35.5. The Balaban J connectivity index is 2.82. The van der Waals surface area contributed by atoms with Crippen LogP contribution in [0, 0.1) is 6.07 Å². The summed E-state index contributed by atoms with van der Waals surface area (Å²) in [5, 5.41) is 0.986. The van der Waals surface area contributed by atoms with E-state index in [2.05, 4.69) is 12.6 Å². The molecule has 0 spiro atoms. The summed E-state index contributed by atoms with van der Waals surface area (Å²) in [6.07, 6.45) is 1.63. The van der Waals surface area contributed by atoms with Crippen LogP contribution in [0.1, 0.15) is 0 Å². The quantitative estimate of drug-likeness (QED) is 0.682. The van der Waals surface area contributed by atoms with E-state index in [1.54, 1.807) is 18.2 Å². The Morgan fingerprint density at radius 3 is 2.92 bits per heavy atom. The molecule has 1 nitrogen and oxygen atoms in total. The predicted molar refractivity (Wildman–Crippen MR) is 51.0 cm³/mol. The first kappa shape index (κ1) is 9.43. The maximum Gasteiger partial charge on any atom is 0.147 e. The van der Waals surface area contributed by atoms with Crippen LogP contribution in [0.4, 0.5) is 0 Å². The van der Waals surface area contributed by atoms with Crippen molar-refractivity contribution in [1.82, 2.24) is 0 Å². The van der Waals surface area contributed by atoms with E-state index in [9.17, 15) is 0 Å². The van der Waals surface area contributed by atoms with E-state index in [-0.39, 0.29) is 0 Å². The molecule has 1 aromatic rings. The lowest BCUT2D eigenvalue weighted by atomic mass is 10.3. The van der Waals surface area contributed by atoms with E-state index >= 15 is 0 Å². The highest BCUT2D eigenvalue weighted by Crippen LogP contribution is 2.26. The molecule has 0 N–H and O–H groups in total. The fourth-order valence-electron chi connectivity index (χ4n) is 0.679. The van der Waals surface area contributed by atoms with Crippen molar-refractivity contribution in [3.63, 3.8) is 0 Å². The number of benzene rings is 1. The van der Waals surface area contributed by atoms with Gasteiger partial charge in [0.05, 0.1) is 10.0 Å². The minimum Gasteiger partial charge on any atom is -0.487 e. The van der Waals surface area contributed by atoms with Gasteiger partial charge in [-0.05, 0) is 12.1 Å². The van der Waals surface area contributed by atoms with Crippen LogP contribution in [0.15, 0.2) is 24.8 Å². The lowest BCUT2D eigenvalue weighted by Gasteiger charge is -2.04. The number of rotatable bonds is 3. The highest BCUT2D eigenvalue weighted by molar-refractivity contribution is 6.34. The topological polar surface area (TPSA) is 9.23 Å². The third-order valence-electron chi connectivity index (χ3n) is 1.17. The molecule has 0 heterocycles. The summed E-state index contributed by atoms with van der Waals surface area (Å²) >= 11 is 11.5. The molecule has 1 rings (SSSR count). The molecule has 0 amide bonds. The second-order valence-electron chi connectivity index (χ2n) is 2.08. The molecule has 3 heteroatoms. The van der Waals surface area contributed by atoms with Gasteiger partial charge in [-0.25, -0.2) is 0 Å². The predicted octanol–water partition coefficient (Wildman–Crippen LogP) is 3.36. The van der Waals surface area contributed by atoms with Gasteiger partial charge in [0.1, 0.15) is 12.4 Å². The lowest BCUT2D eigenvalue weighted by Crippen LogP contribution is -1.93. The van der Waals surface area contributed by atoms with Gasteiger partial charge in [-0.1, -0.05) is 35.9 Å². The van der Waals surface area contributed by atoms with Crippen LogP contribution in [0.25, 0.3) is 0 Å². The molecular weight excluding hydrogens is 195 g/mol. The third-order valence-corrected chi connectivity index (χ3v) is 1.69. The Labute approximate surface area is 81.6 Å². The molecule has 1 aromatic carbocycles. The van der Waals surface area contributed by atoms with Crippen molar-refractivity contribution < 1.29 is 4.74 Å². The normalized spacial score (nSPS) is 9.50. The van der Waals surface area contributed by atoms with Gasteiger partial charge in [-0.3, -0.25) is 0 Å². The number of ether oxygens (including phenoxy) is 1. The van der Waals surface area contributed by atoms with Gasteiger partial charge >= 0.3 is 0 Å². The average Bonchev–Trinajstić information content (AvgIpc) is 2.07. The van der Waals surface area contributed by atoms with Crippen LogP contribution in [-0.2, 0) is 0 Å². The standard InChI is InChI=1S/C9H7Cl2O/c1-2-5-12-9-6-7(10)3-4-8(9)11/h2-4H,1,5H2. The molecule has 0 bridgehead atoms. The van der Waals surface area contributed by atoms with E-state index in [0.29, 0.717) is 22.4 Å². The SMILES string of the molecule is C=CCOc1[c]c(Cl)ccc1Cl. The molecule has 0 saturated heterocycles. The zero-order chi connectivity index (χ0) is 8.97. The van der Waals surface area contributed by atoms with Crippen molar-refractivity contribution in [3.05, 3.63) is 40.9 Å². The summed E-state index contributed by atoms with van der Waals surface area (Å²) < 4.78 is 5.18. The average molecular weight is 202 g/mol. The molecule has 0 fully saturated rings. The Morgan fingerprint density at radius 1 is 1.50 bits per heavy atom. The van der Waals surface area contributed by atoms with Crippen LogP contribution >= 0.6 is 23.2 Å². The highest BCUT2D eigenvalue weighted by Gasteiger charge is 2.01. The van der Waals surface area contributed by atoms with E-state index < -0.39 is 0 Å². The number of hydrogen-bond acceptors (Lipinski definition) is 1. The van der Waals surface area contributed by atoms with Gasteiger partial charge in [-0.15, -0.1) is 0 Å². The summed E-state index contributed by atoms with van der Waals surface area (Å²) in [7, 11) is 0. The molecule has 0 aliphatic carbocycles. The molecule has 0 atom stereocenters. The molecule has 0 aliphatic heterocycles. The number of halogens is 2. The minimum atomic E-state index is 0.399. The van der Waals surface area contributed by atoms with Gasteiger partial charge in [0.15, 0.2) is 0 Å². The molecule has 0 saturated carbocycles. The molecule has 0 aliphatic rings. The first-order valence-corrected chi connectivity index (χ1v) is 4.10. The third kappa shape index (κ3) is 2.43. The first-order valence-electron chi connectivity index (χ1n) is 3.35. The van der Waals surface area contributed by atoms with Gasteiger partial charge < -0.3 is 4.74 Å². The van der Waals surface area contributed by atoms with E-state index in [1.807, 2.05) is 0 Å². The molecular formula is C9H7Cl2O. The Bertz CT molecular complexity index is 284. The summed E-state index contributed by atoms with van der Waals surface area (Å²) in [5.41, 5.74) is 0. The van der Waals surface area contributed by atoms with E-state index in [4.69, 9.17) is 27.9 Å². The zero-order valence-corrected chi connectivity index (χ0v) is 7.82. The summed E-state index contributed by atoms with van der Waals surface area (Å²) in [4.78, 5) is 0. The fraction of sp³-hybridized carbons (Fsp3) is 0.111. The monoisotopic (exact) mass is 201 g/mol. The molecule has 63 valence electrons. The van der Waals surface area contributed by atoms with Crippen LogP contribution in [0.5, 0.6) is 5.75 Å². The molecule has 0 unspecified atom stereocenters. The van der Waals surface area contributed by atoms with Crippen molar-refractivity contribution in [2.24, 2.45) is 0 Å². The second kappa shape index (κ2) is 4.39. The lowest BCUT2D eigenvalue weighted by molar-refractivity contribution is 0.362. The maximum atomic E-state index is 5.78. The number of hydrogen-bond donors (Lipinski definition) is 0. The van der Waals surface area contributed by atoms with Crippen LogP contribution in [0.2, 0.25) is 10.0 Å². The zero-order valence-electron chi connectivity index (χ0n) is 6.31. The first-order chi connectivity index (χ1) is 5.74. The fourth-order valence-corrected chi connectivity index (χ4v) is 0.993. The van der Waals surface area contributed by atoms with Crippen LogP contribution in [-0.4, -0.2) is 6.61 Å². The van der Waals surface area contributed by atoms with Crippen molar-refractivity contribution in [2.45, 2.75) is 0 Å². The Kier molecular flexibility index (Phi) is 3.45. The summed E-state index contributed by atoms with van der Waals surface area (Å²) in [5.74, 6) is 0.462. The molecule has 0 aromatic heterocycles. The van der Waals surface area contributed by atoms with Gasteiger partial charge in [-0.2, -0.15) is 0 Å². The van der Waals surface area contributed by atoms with Crippen molar-refractivity contribution in [2.75, 3.05) is 6.61 Å². The molecule has 12 heavy (non-hydrogen) atoms. The Hall–Kier alpha value is -0.660. The summed E-state index contributed by atoms with van der Waals surface area (Å²) in [6.45, 7) is 3.91. The van der Waals surface area contributed by atoms with E-state index in [1.165, 1.54) is 0 Å². The van der Waals surface area contributed by atoms with Crippen molar-refractivity contribution >= 4 is 23.2 Å². The van der Waals surface area contributed by atoms with Gasteiger partial charge in [0, 0.05) is 6.07 Å². The minimum absolute atomic E-state index is 0.399. The van der Waals surface area contributed by atoms with Gasteiger partial charge in [0.2, 0.25) is 0 Å². The largest absolute Gasteiger partial charge is 0.487 e. The second-order valence-corrected chi connectivity index (χ2v) is 2.90. The van der Waals surface area contributed by atoms with Crippen molar-refractivity contribution in [1.29, 1.82) is 0 Å². The van der Waals surface area contributed by atoms with Gasteiger partial charge in [0.25, 0.3) is 0 Å². The summed E-state index contributed by atoms with van der Waals surface area (Å²) in [6, 6.07) is 6.10. The molecule has 1 radical (unpaired) electrons. The smallest absolute Gasteiger partial charge is 0.147 e. The maximum absolute atomic E-state index is 5.78. The Morgan fingerprint density at radius 2 is 2.25 bits per heavy atom. The van der Waals surface area contributed by atoms with E-state index in [0.717, 1.165) is 0 Å². The van der Waals surface area contributed by atoms with Crippen molar-refractivity contribution in [3.8, 4) is 5.75 Å². The van der Waals surface area contributed by atoms with Crippen LogP contribution < -0.4 is 4.74 Å². The van der Waals surface area contributed by atoms with Crippen LogP contribution in [0.3, 0.4) is 0 Å².